The minimum Gasteiger partial charge on any atom is -0.314 e. The van der Waals surface area contributed by atoms with Crippen LogP contribution in [0.5, 0.6) is 0 Å². The number of hydrogen-bond donors (Lipinski definition) is 0. The zero-order chi connectivity index (χ0) is 42.5. The van der Waals surface area contributed by atoms with Crippen molar-refractivity contribution in [2.24, 2.45) is 0 Å². The van der Waals surface area contributed by atoms with Crippen LogP contribution < -0.4 is 9.80 Å². The van der Waals surface area contributed by atoms with Gasteiger partial charge in [-0.3, -0.25) is 0 Å². The molecule has 63 heavy (non-hydrogen) atoms. The summed E-state index contributed by atoms with van der Waals surface area (Å²) in [6.45, 7) is 9.48. The summed E-state index contributed by atoms with van der Waals surface area (Å²) in [6, 6.07) is 63.6. The molecule has 2 aliphatic carbocycles. The average molecular weight is 811 g/mol. The minimum absolute atomic E-state index is 0.0969. The lowest BCUT2D eigenvalue weighted by molar-refractivity contribution is 0.632. The molecule has 8 aromatic rings. The van der Waals surface area contributed by atoms with Gasteiger partial charge in [0.05, 0.1) is 17.1 Å². The van der Waals surface area contributed by atoms with Gasteiger partial charge in [0.1, 0.15) is 0 Å². The number of fused-ring (bicyclic) bond motifs is 7. The van der Waals surface area contributed by atoms with Crippen molar-refractivity contribution in [1.29, 1.82) is 0 Å². The molecule has 304 valence electrons. The van der Waals surface area contributed by atoms with Gasteiger partial charge in [0.2, 0.25) is 0 Å². The molecule has 0 saturated carbocycles. The number of anilines is 5. The Hall–Kier alpha value is -7.16. The lowest BCUT2D eigenvalue weighted by atomic mass is 9.73. The summed E-state index contributed by atoms with van der Waals surface area (Å²) in [5, 5.41) is 2.49. The van der Waals surface area contributed by atoms with Crippen molar-refractivity contribution in [2.75, 3.05) is 9.80 Å². The van der Waals surface area contributed by atoms with E-state index in [0.29, 0.717) is 0 Å². The molecule has 0 aromatic heterocycles. The Kier molecular flexibility index (Phi) is 8.47. The van der Waals surface area contributed by atoms with Crippen molar-refractivity contribution >= 4 is 51.4 Å². The molecular formula is C61H50N2. The molecule has 0 unspecified atom stereocenters. The minimum atomic E-state index is -0.124. The second kappa shape index (κ2) is 14.2. The highest BCUT2D eigenvalue weighted by atomic mass is 15.2. The standard InChI is InChI=1S/C61H50N2/c1-60(2)51-19-9-13-23-58(51)63(59-24-14-10-20-52(59)60)57-36-35-46(47-17-7-8-18-50(47)57)42-30-27-40(28-31-42)25-26-41-29-33-48-49-34-32-45(39-54(49)61(3,4)53(48)37-41)62-55-21-11-5-15-43(55)38-44-16-6-12-22-56(44)62/h5-11,13-21,23-37,39H,12,22,38H2,1-4H3/b26-25+. The first-order valence-electron chi connectivity index (χ1n) is 22.6. The van der Waals surface area contributed by atoms with Crippen molar-refractivity contribution in [3.63, 3.8) is 0 Å². The quantitative estimate of drug-likeness (QED) is 0.160. The normalized spacial score (nSPS) is 16.4. The Labute approximate surface area is 371 Å². The van der Waals surface area contributed by atoms with Gasteiger partial charge in [0.25, 0.3) is 0 Å². The van der Waals surface area contributed by atoms with Crippen LogP contribution in [0.25, 0.3) is 45.2 Å². The third kappa shape index (κ3) is 5.85. The first-order chi connectivity index (χ1) is 30.8. The number of para-hydroxylation sites is 3. The zero-order valence-corrected chi connectivity index (χ0v) is 36.5. The Balaban J connectivity index is 0.834. The van der Waals surface area contributed by atoms with Crippen molar-refractivity contribution in [1.82, 2.24) is 0 Å². The summed E-state index contributed by atoms with van der Waals surface area (Å²) in [4.78, 5) is 5.02. The molecule has 0 saturated heterocycles. The van der Waals surface area contributed by atoms with Gasteiger partial charge in [-0.05, 0) is 121 Å². The van der Waals surface area contributed by atoms with E-state index in [1.807, 2.05) is 0 Å². The van der Waals surface area contributed by atoms with Crippen molar-refractivity contribution in [3.8, 4) is 22.3 Å². The van der Waals surface area contributed by atoms with Crippen molar-refractivity contribution < 1.29 is 0 Å². The molecule has 0 amide bonds. The summed E-state index contributed by atoms with van der Waals surface area (Å²) < 4.78 is 0. The maximum atomic E-state index is 2.54. The van der Waals surface area contributed by atoms with Crippen LogP contribution in [0.15, 0.2) is 193 Å². The lowest BCUT2D eigenvalue weighted by Crippen LogP contribution is -2.30. The summed E-state index contributed by atoms with van der Waals surface area (Å²) in [5.74, 6) is 0. The van der Waals surface area contributed by atoms with E-state index in [4.69, 9.17) is 0 Å². The van der Waals surface area contributed by atoms with Gasteiger partial charge in [0.15, 0.2) is 0 Å². The van der Waals surface area contributed by atoms with Crippen LogP contribution in [-0.2, 0) is 17.3 Å². The van der Waals surface area contributed by atoms with Crippen LogP contribution in [0.4, 0.5) is 28.4 Å². The zero-order valence-electron chi connectivity index (χ0n) is 36.5. The van der Waals surface area contributed by atoms with E-state index in [1.54, 1.807) is 0 Å². The Morgan fingerprint density at radius 1 is 0.460 bits per heavy atom. The van der Waals surface area contributed by atoms with E-state index in [9.17, 15) is 0 Å². The number of benzene rings is 8. The molecule has 2 nitrogen and oxygen atoms in total. The highest BCUT2D eigenvalue weighted by Crippen LogP contribution is 2.54. The van der Waals surface area contributed by atoms with E-state index in [-0.39, 0.29) is 10.8 Å². The Morgan fingerprint density at radius 3 is 1.81 bits per heavy atom. The molecule has 2 aliphatic heterocycles. The molecule has 0 N–H and O–H groups in total. The second-order valence-electron chi connectivity index (χ2n) is 18.8. The van der Waals surface area contributed by atoms with Gasteiger partial charge in [-0.2, -0.15) is 0 Å². The molecule has 2 heterocycles. The Bertz CT molecular complexity index is 3210. The predicted octanol–water partition coefficient (Wildman–Crippen LogP) is 16.4. The van der Waals surface area contributed by atoms with Crippen LogP contribution in [0.3, 0.4) is 0 Å². The molecule has 0 bridgehead atoms. The fraction of sp³-hybridized carbons (Fsp3) is 0.148. The van der Waals surface area contributed by atoms with Crippen LogP contribution in [0.2, 0.25) is 0 Å². The maximum absolute atomic E-state index is 2.54. The first-order valence-corrected chi connectivity index (χ1v) is 22.6. The number of hydrogen-bond acceptors (Lipinski definition) is 2. The van der Waals surface area contributed by atoms with Gasteiger partial charge < -0.3 is 9.80 Å². The lowest BCUT2D eigenvalue weighted by Gasteiger charge is -2.42. The summed E-state index contributed by atoms with van der Waals surface area (Å²) >= 11 is 0. The largest absolute Gasteiger partial charge is 0.314 e. The molecule has 0 spiro atoms. The third-order valence-electron chi connectivity index (χ3n) is 14.5. The van der Waals surface area contributed by atoms with Crippen molar-refractivity contribution in [2.45, 2.75) is 57.8 Å². The highest BCUT2D eigenvalue weighted by Gasteiger charge is 2.38. The number of rotatable bonds is 5. The fourth-order valence-electron chi connectivity index (χ4n) is 11.3. The highest BCUT2D eigenvalue weighted by molar-refractivity contribution is 6.07. The van der Waals surface area contributed by atoms with Crippen molar-refractivity contribution in [3.05, 3.63) is 232 Å². The van der Waals surface area contributed by atoms with E-state index >= 15 is 0 Å². The van der Waals surface area contributed by atoms with E-state index in [2.05, 4.69) is 232 Å². The number of allylic oxidation sites excluding steroid dienone is 4. The Morgan fingerprint density at radius 2 is 1.05 bits per heavy atom. The second-order valence-corrected chi connectivity index (χ2v) is 18.8. The molecular weight excluding hydrogens is 761 g/mol. The molecule has 0 fully saturated rings. The summed E-state index contributed by atoms with van der Waals surface area (Å²) in [6.07, 6.45) is 12.4. The average Bonchev–Trinajstić information content (AvgIpc) is 3.54. The van der Waals surface area contributed by atoms with Gasteiger partial charge in [-0.1, -0.05) is 185 Å². The first kappa shape index (κ1) is 37.6. The molecule has 2 heteroatoms. The summed E-state index contributed by atoms with van der Waals surface area (Å²) in [5.41, 5.74) is 23.4. The van der Waals surface area contributed by atoms with Gasteiger partial charge in [-0.25, -0.2) is 0 Å². The van der Waals surface area contributed by atoms with E-state index in [1.165, 1.54) is 112 Å². The van der Waals surface area contributed by atoms with Crippen LogP contribution in [0, 0.1) is 0 Å². The molecule has 0 radical (unpaired) electrons. The smallest absolute Gasteiger partial charge is 0.0540 e. The monoisotopic (exact) mass is 810 g/mol. The predicted molar refractivity (Wildman–Crippen MR) is 267 cm³/mol. The summed E-state index contributed by atoms with van der Waals surface area (Å²) in [7, 11) is 0. The van der Waals surface area contributed by atoms with Crippen LogP contribution in [0.1, 0.15) is 79.5 Å². The van der Waals surface area contributed by atoms with E-state index < -0.39 is 0 Å². The van der Waals surface area contributed by atoms with Crippen LogP contribution >= 0.6 is 0 Å². The van der Waals surface area contributed by atoms with Crippen LogP contribution in [-0.4, -0.2) is 0 Å². The molecule has 0 atom stereocenters. The molecule has 12 rings (SSSR count). The SMILES string of the molecule is CC1(C)c2cc(/C=C/c3ccc(-c4ccc(N5c6ccccc6C(C)(C)c6ccccc65)c5ccccc45)cc3)ccc2-c2ccc(N3C4=C(C=CCC4)Cc4ccccc43)cc21. The molecule has 8 aromatic carbocycles. The van der Waals surface area contributed by atoms with E-state index in [0.717, 1.165) is 19.3 Å². The van der Waals surface area contributed by atoms with Gasteiger partial charge in [-0.15, -0.1) is 0 Å². The van der Waals surface area contributed by atoms with Gasteiger partial charge >= 0.3 is 0 Å². The topological polar surface area (TPSA) is 6.48 Å². The van der Waals surface area contributed by atoms with Gasteiger partial charge in [0, 0.05) is 39.7 Å². The third-order valence-corrected chi connectivity index (χ3v) is 14.5. The molecule has 4 aliphatic rings. The maximum Gasteiger partial charge on any atom is 0.0540 e. The number of nitrogens with zero attached hydrogens (tertiary/aromatic N) is 2. The fourth-order valence-corrected chi connectivity index (χ4v) is 11.3.